The van der Waals surface area contributed by atoms with E-state index in [4.69, 9.17) is 4.74 Å². The SMILES string of the molecule is CCCOCCNCCCCCCI. The number of hydrogen-bond acceptors (Lipinski definition) is 2. The van der Waals surface area contributed by atoms with E-state index in [9.17, 15) is 0 Å². The van der Waals surface area contributed by atoms with Crippen LogP contribution in [0.5, 0.6) is 0 Å². The van der Waals surface area contributed by atoms with Crippen molar-refractivity contribution in [3.05, 3.63) is 0 Å². The van der Waals surface area contributed by atoms with E-state index < -0.39 is 0 Å². The summed E-state index contributed by atoms with van der Waals surface area (Å²) in [4.78, 5) is 0. The average molecular weight is 313 g/mol. The summed E-state index contributed by atoms with van der Waals surface area (Å²) in [5.74, 6) is 0. The van der Waals surface area contributed by atoms with Crippen molar-refractivity contribution in [2.24, 2.45) is 0 Å². The Morgan fingerprint density at radius 1 is 1.00 bits per heavy atom. The summed E-state index contributed by atoms with van der Waals surface area (Å²) >= 11 is 2.44. The van der Waals surface area contributed by atoms with Gasteiger partial charge in [0.25, 0.3) is 0 Å². The summed E-state index contributed by atoms with van der Waals surface area (Å²) in [6.45, 7) is 6.06. The summed E-state index contributed by atoms with van der Waals surface area (Å²) in [6.07, 6.45) is 6.56. The fourth-order valence-electron chi connectivity index (χ4n) is 1.21. The minimum Gasteiger partial charge on any atom is -0.380 e. The van der Waals surface area contributed by atoms with Gasteiger partial charge in [0.1, 0.15) is 0 Å². The molecule has 0 aromatic carbocycles. The van der Waals surface area contributed by atoms with Crippen LogP contribution in [0.1, 0.15) is 39.0 Å². The summed E-state index contributed by atoms with van der Waals surface area (Å²) in [6, 6.07) is 0. The van der Waals surface area contributed by atoms with Gasteiger partial charge >= 0.3 is 0 Å². The van der Waals surface area contributed by atoms with E-state index in [1.54, 1.807) is 0 Å². The molecule has 0 aliphatic rings. The van der Waals surface area contributed by atoms with Crippen molar-refractivity contribution in [2.45, 2.75) is 39.0 Å². The predicted octanol–water partition coefficient (Wildman–Crippen LogP) is 3.00. The molecule has 3 heteroatoms. The summed E-state index contributed by atoms with van der Waals surface area (Å²) in [7, 11) is 0. The fraction of sp³-hybridized carbons (Fsp3) is 1.00. The highest BCUT2D eigenvalue weighted by molar-refractivity contribution is 14.1. The lowest BCUT2D eigenvalue weighted by Gasteiger charge is -2.04. The largest absolute Gasteiger partial charge is 0.380 e. The molecule has 0 spiro atoms. The second-order valence-corrected chi connectivity index (χ2v) is 4.54. The number of halogens is 1. The Kier molecular flexibility index (Phi) is 14.3. The Bertz CT molecular complexity index is 89.3. The molecule has 0 radical (unpaired) electrons. The van der Waals surface area contributed by atoms with Crippen molar-refractivity contribution in [1.29, 1.82) is 0 Å². The van der Waals surface area contributed by atoms with Gasteiger partial charge in [-0.25, -0.2) is 0 Å². The van der Waals surface area contributed by atoms with Gasteiger partial charge in [-0.05, 0) is 30.2 Å². The predicted molar refractivity (Wildman–Crippen MR) is 71.3 cm³/mol. The molecule has 0 unspecified atom stereocenters. The topological polar surface area (TPSA) is 21.3 Å². The van der Waals surface area contributed by atoms with Crippen LogP contribution in [0, 0.1) is 0 Å². The molecule has 14 heavy (non-hydrogen) atoms. The standard InChI is InChI=1S/C11H24INO/c1-2-10-14-11-9-13-8-6-4-3-5-7-12/h13H,2-11H2,1H3. The van der Waals surface area contributed by atoms with Gasteiger partial charge < -0.3 is 10.1 Å². The lowest BCUT2D eigenvalue weighted by atomic mass is 10.2. The number of nitrogens with one attached hydrogen (secondary N) is 1. The van der Waals surface area contributed by atoms with Crippen LogP contribution in [0.2, 0.25) is 0 Å². The second kappa shape index (κ2) is 13.7. The normalized spacial score (nSPS) is 10.7. The van der Waals surface area contributed by atoms with Crippen LogP contribution in [0.4, 0.5) is 0 Å². The highest BCUT2D eigenvalue weighted by atomic mass is 127. The Labute approximate surface area is 102 Å². The molecule has 0 rings (SSSR count). The lowest BCUT2D eigenvalue weighted by Crippen LogP contribution is -2.21. The molecule has 86 valence electrons. The molecule has 0 fully saturated rings. The number of alkyl halides is 1. The van der Waals surface area contributed by atoms with Crippen molar-refractivity contribution in [3.8, 4) is 0 Å². The molecular formula is C11H24INO. The first-order chi connectivity index (χ1) is 6.91. The van der Waals surface area contributed by atoms with Gasteiger partial charge in [0.2, 0.25) is 0 Å². The van der Waals surface area contributed by atoms with Crippen LogP contribution < -0.4 is 5.32 Å². The molecule has 2 nitrogen and oxygen atoms in total. The fourth-order valence-corrected chi connectivity index (χ4v) is 1.75. The Morgan fingerprint density at radius 2 is 1.79 bits per heavy atom. The molecule has 0 aliphatic heterocycles. The van der Waals surface area contributed by atoms with E-state index in [1.807, 2.05) is 0 Å². The average Bonchev–Trinajstić information content (AvgIpc) is 2.21. The lowest BCUT2D eigenvalue weighted by molar-refractivity contribution is 0.136. The minimum absolute atomic E-state index is 0.863. The minimum atomic E-state index is 0.863. The Morgan fingerprint density at radius 3 is 2.50 bits per heavy atom. The Balaban J connectivity index is 2.78. The van der Waals surface area contributed by atoms with E-state index >= 15 is 0 Å². The van der Waals surface area contributed by atoms with Gasteiger partial charge in [-0.1, -0.05) is 42.4 Å². The molecule has 0 bridgehead atoms. The number of ether oxygens (including phenoxy) is 1. The van der Waals surface area contributed by atoms with Crippen LogP contribution in [-0.4, -0.2) is 30.7 Å². The molecule has 0 heterocycles. The van der Waals surface area contributed by atoms with E-state index in [0.717, 1.165) is 32.7 Å². The maximum Gasteiger partial charge on any atom is 0.0590 e. The monoisotopic (exact) mass is 313 g/mol. The molecular weight excluding hydrogens is 289 g/mol. The van der Waals surface area contributed by atoms with Crippen molar-refractivity contribution in [3.63, 3.8) is 0 Å². The van der Waals surface area contributed by atoms with Crippen molar-refractivity contribution < 1.29 is 4.74 Å². The molecule has 1 N–H and O–H groups in total. The third-order valence-corrected chi connectivity index (χ3v) is 2.77. The summed E-state index contributed by atoms with van der Waals surface area (Å²) < 4.78 is 6.67. The van der Waals surface area contributed by atoms with Crippen molar-refractivity contribution >= 4 is 22.6 Å². The van der Waals surface area contributed by atoms with Gasteiger partial charge in [0.15, 0.2) is 0 Å². The van der Waals surface area contributed by atoms with Gasteiger partial charge in [-0.15, -0.1) is 0 Å². The first-order valence-corrected chi connectivity index (χ1v) is 7.28. The zero-order valence-corrected chi connectivity index (χ0v) is 11.5. The molecule has 0 aliphatic carbocycles. The Hall–Kier alpha value is 0.650. The maximum atomic E-state index is 5.36. The second-order valence-electron chi connectivity index (χ2n) is 3.47. The first kappa shape index (κ1) is 14.6. The highest BCUT2D eigenvalue weighted by Gasteiger charge is 1.90. The maximum absolute atomic E-state index is 5.36. The van der Waals surface area contributed by atoms with Crippen molar-refractivity contribution in [1.82, 2.24) is 5.32 Å². The highest BCUT2D eigenvalue weighted by Crippen LogP contribution is 2.00. The zero-order chi connectivity index (χ0) is 10.5. The third kappa shape index (κ3) is 12.7. The number of unbranched alkanes of at least 4 members (excludes halogenated alkanes) is 3. The molecule has 0 aromatic rings. The molecule has 0 saturated carbocycles. The van der Waals surface area contributed by atoms with Gasteiger partial charge in [-0.3, -0.25) is 0 Å². The molecule has 0 atom stereocenters. The van der Waals surface area contributed by atoms with Gasteiger partial charge in [0, 0.05) is 13.2 Å². The van der Waals surface area contributed by atoms with Crippen LogP contribution in [-0.2, 0) is 4.74 Å². The van der Waals surface area contributed by atoms with Crippen LogP contribution in [0.15, 0.2) is 0 Å². The quantitative estimate of drug-likeness (QED) is 0.360. The zero-order valence-electron chi connectivity index (χ0n) is 9.36. The third-order valence-electron chi connectivity index (χ3n) is 2.01. The first-order valence-electron chi connectivity index (χ1n) is 5.76. The van der Waals surface area contributed by atoms with Gasteiger partial charge in [0.05, 0.1) is 6.61 Å². The molecule has 0 saturated heterocycles. The van der Waals surface area contributed by atoms with E-state index in [-0.39, 0.29) is 0 Å². The van der Waals surface area contributed by atoms with Crippen LogP contribution in [0.3, 0.4) is 0 Å². The van der Waals surface area contributed by atoms with Crippen LogP contribution >= 0.6 is 22.6 Å². The number of rotatable bonds is 11. The number of hydrogen-bond donors (Lipinski definition) is 1. The van der Waals surface area contributed by atoms with Gasteiger partial charge in [-0.2, -0.15) is 0 Å². The van der Waals surface area contributed by atoms with Crippen LogP contribution in [0.25, 0.3) is 0 Å². The van der Waals surface area contributed by atoms with E-state index in [1.165, 1.54) is 30.1 Å². The molecule has 0 amide bonds. The van der Waals surface area contributed by atoms with Crippen molar-refractivity contribution in [2.75, 3.05) is 30.7 Å². The molecule has 0 aromatic heterocycles. The van der Waals surface area contributed by atoms with E-state index in [2.05, 4.69) is 34.8 Å². The summed E-state index contributed by atoms with van der Waals surface area (Å²) in [5.41, 5.74) is 0. The summed E-state index contributed by atoms with van der Waals surface area (Å²) in [5, 5.41) is 3.39. The van der Waals surface area contributed by atoms with E-state index in [0.29, 0.717) is 0 Å². The smallest absolute Gasteiger partial charge is 0.0590 e.